The molecule has 1 aliphatic carbocycles. The molecule has 4 heteroatoms. The minimum atomic E-state index is 0.0808. The van der Waals surface area contributed by atoms with Crippen molar-refractivity contribution < 1.29 is 13.9 Å². The standard InChI is InChI=1S/C17H27NO3/c1-12(2)20-10-4-9-18-17(19)8-6-14-5-7-16(21-14)15-11-13(15)3/h5,7,12-13,15H,4,6,8-11H2,1-3H3,(H,18,19)/t13-,15+/m0/s1. The van der Waals surface area contributed by atoms with E-state index in [4.69, 9.17) is 9.15 Å². The third kappa shape index (κ3) is 5.54. The smallest absolute Gasteiger partial charge is 0.220 e. The third-order valence-corrected chi connectivity index (χ3v) is 3.85. The lowest BCUT2D eigenvalue weighted by molar-refractivity contribution is -0.121. The van der Waals surface area contributed by atoms with E-state index in [2.05, 4.69) is 18.3 Å². The second-order valence-electron chi connectivity index (χ2n) is 6.25. The van der Waals surface area contributed by atoms with Gasteiger partial charge < -0.3 is 14.5 Å². The van der Waals surface area contributed by atoms with Crippen LogP contribution in [0.3, 0.4) is 0 Å². The number of carbonyl (C=O) groups is 1. The summed E-state index contributed by atoms with van der Waals surface area (Å²) in [7, 11) is 0. The van der Waals surface area contributed by atoms with E-state index in [9.17, 15) is 4.79 Å². The van der Waals surface area contributed by atoms with Crippen LogP contribution in [-0.2, 0) is 16.0 Å². The van der Waals surface area contributed by atoms with Crippen LogP contribution in [0.2, 0.25) is 0 Å². The van der Waals surface area contributed by atoms with Gasteiger partial charge in [0.2, 0.25) is 5.91 Å². The van der Waals surface area contributed by atoms with Gasteiger partial charge in [0.1, 0.15) is 11.5 Å². The summed E-state index contributed by atoms with van der Waals surface area (Å²) >= 11 is 0. The summed E-state index contributed by atoms with van der Waals surface area (Å²) < 4.78 is 11.2. The average molecular weight is 293 g/mol. The summed E-state index contributed by atoms with van der Waals surface area (Å²) in [5, 5.41) is 2.92. The molecule has 1 saturated carbocycles. The number of rotatable bonds is 9. The van der Waals surface area contributed by atoms with Crippen molar-refractivity contribution in [2.75, 3.05) is 13.2 Å². The highest BCUT2D eigenvalue weighted by Gasteiger charge is 2.36. The first kappa shape index (κ1) is 16.1. The Balaban J connectivity index is 1.57. The summed E-state index contributed by atoms with van der Waals surface area (Å²) in [4.78, 5) is 11.7. The Morgan fingerprint density at radius 3 is 2.90 bits per heavy atom. The number of nitrogens with one attached hydrogen (secondary N) is 1. The molecule has 0 saturated heterocycles. The summed E-state index contributed by atoms with van der Waals surface area (Å²) in [5.74, 6) is 3.44. The Kier molecular flexibility index (Phi) is 5.85. The molecule has 0 unspecified atom stereocenters. The number of furan rings is 1. The SMILES string of the molecule is CC(C)OCCCNC(=O)CCc1ccc([C@@H]2C[C@@H]2C)o1. The molecule has 1 amide bonds. The minimum absolute atomic E-state index is 0.0808. The van der Waals surface area contributed by atoms with Crippen molar-refractivity contribution in [3.05, 3.63) is 23.7 Å². The van der Waals surface area contributed by atoms with Gasteiger partial charge in [-0.1, -0.05) is 6.92 Å². The monoisotopic (exact) mass is 293 g/mol. The van der Waals surface area contributed by atoms with Crippen LogP contribution >= 0.6 is 0 Å². The first-order valence-electron chi connectivity index (χ1n) is 8.03. The first-order valence-corrected chi connectivity index (χ1v) is 8.03. The van der Waals surface area contributed by atoms with Crippen molar-refractivity contribution in [3.8, 4) is 0 Å². The van der Waals surface area contributed by atoms with E-state index in [1.165, 1.54) is 6.42 Å². The molecule has 118 valence electrons. The summed E-state index contributed by atoms with van der Waals surface area (Å²) in [6, 6.07) is 4.06. The number of hydrogen-bond donors (Lipinski definition) is 1. The molecule has 0 radical (unpaired) electrons. The van der Waals surface area contributed by atoms with Crippen molar-refractivity contribution in [1.29, 1.82) is 0 Å². The van der Waals surface area contributed by atoms with E-state index in [0.717, 1.165) is 23.9 Å². The van der Waals surface area contributed by atoms with Crippen LogP contribution in [0.1, 0.15) is 57.5 Å². The number of ether oxygens (including phenoxy) is 1. The second-order valence-corrected chi connectivity index (χ2v) is 6.25. The third-order valence-electron chi connectivity index (χ3n) is 3.85. The predicted octanol–water partition coefficient (Wildman–Crippen LogP) is 3.27. The molecule has 1 aliphatic rings. The minimum Gasteiger partial charge on any atom is -0.466 e. The summed E-state index contributed by atoms with van der Waals surface area (Å²) in [6.07, 6.45) is 3.50. The van der Waals surface area contributed by atoms with Gasteiger partial charge in [0, 0.05) is 31.9 Å². The summed E-state index contributed by atoms with van der Waals surface area (Å²) in [6.45, 7) is 7.63. The van der Waals surface area contributed by atoms with Gasteiger partial charge in [-0.2, -0.15) is 0 Å². The molecule has 21 heavy (non-hydrogen) atoms. The van der Waals surface area contributed by atoms with E-state index in [-0.39, 0.29) is 12.0 Å². The number of aryl methyl sites for hydroxylation is 1. The maximum atomic E-state index is 11.7. The molecule has 0 bridgehead atoms. The van der Waals surface area contributed by atoms with Gasteiger partial charge in [-0.15, -0.1) is 0 Å². The average Bonchev–Trinajstić information content (AvgIpc) is 2.99. The van der Waals surface area contributed by atoms with Crippen LogP contribution in [0.15, 0.2) is 16.5 Å². The Bertz CT molecular complexity index is 453. The van der Waals surface area contributed by atoms with Crippen LogP contribution in [0.5, 0.6) is 0 Å². The normalized spacial score (nSPS) is 20.8. The highest BCUT2D eigenvalue weighted by atomic mass is 16.5. The van der Waals surface area contributed by atoms with Crippen molar-refractivity contribution >= 4 is 5.91 Å². The van der Waals surface area contributed by atoms with E-state index in [0.29, 0.717) is 31.9 Å². The van der Waals surface area contributed by atoms with Crippen LogP contribution in [0, 0.1) is 5.92 Å². The molecule has 2 atom stereocenters. The lowest BCUT2D eigenvalue weighted by Gasteiger charge is -2.08. The van der Waals surface area contributed by atoms with Gasteiger partial charge in [0.25, 0.3) is 0 Å². The van der Waals surface area contributed by atoms with E-state index in [1.54, 1.807) is 0 Å². The van der Waals surface area contributed by atoms with E-state index < -0.39 is 0 Å². The Hall–Kier alpha value is -1.29. The maximum Gasteiger partial charge on any atom is 0.220 e. The maximum absolute atomic E-state index is 11.7. The quantitative estimate of drug-likeness (QED) is 0.711. The highest BCUT2D eigenvalue weighted by molar-refractivity contribution is 5.76. The van der Waals surface area contributed by atoms with Gasteiger partial charge in [0.15, 0.2) is 0 Å². The fraction of sp³-hybridized carbons (Fsp3) is 0.706. The molecule has 1 heterocycles. The molecule has 1 aromatic heterocycles. The molecule has 4 nitrogen and oxygen atoms in total. The summed E-state index contributed by atoms with van der Waals surface area (Å²) in [5.41, 5.74) is 0. The topological polar surface area (TPSA) is 51.5 Å². The molecule has 0 spiro atoms. The van der Waals surface area contributed by atoms with E-state index >= 15 is 0 Å². The zero-order valence-corrected chi connectivity index (χ0v) is 13.4. The molecular weight excluding hydrogens is 266 g/mol. The molecular formula is C17H27NO3. The number of carbonyl (C=O) groups excluding carboxylic acids is 1. The van der Waals surface area contributed by atoms with Crippen molar-refractivity contribution in [3.63, 3.8) is 0 Å². The fourth-order valence-corrected chi connectivity index (χ4v) is 2.39. The molecule has 2 rings (SSSR count). The van der Waals surface area contributed by atoms with Gasteiger partial charge in [-0.25, -0.2) is 0 Å². The Morgan fingerprint density at radius 1 is 1.48 bits per heavy atom. The highest BCUT2D eigenvalue weighted by Crippen LogP contribution is 2.47. The lowest BCUT2D eigenvalue weighted by Crippen LogP contribution is -2.25. The van der Waals surface area contributed by atoms with Gasteiger partial charge >= 0.3 is 0 Å². The number of amides is 1. The van der Waals surface area contributed by atoms with Gasteiger partial charge in [-0.3, -0.25) is 4.79 Å². The van der Waals surface area contributed by atoms with Gasteiger partial charge in [0.05, 0.1) is 6.10 Å². The zero-order chi connectivity index (χ0) is 15.2. The molecule has 0 aliphatic heterocycles. The van der Waals surface area contributed by atoms with Gasteiger partial charge in [-0.05, 0) is 44.7 Å². The van der Waals surface area contributed by atoms with Crippen LogP contribution in [0.25, 0.3) is 0 Å². The number of hydrogen-bond acceptors (Lipinski definition) is 3. The zero-order valence-electron chi connectivity index (χ0n) is 13.4. The largest absolute Gasteiger partial charge is 0.466 e. The second kappa shape index (κ2) is 7.64. The van der Waals surface area contributed by atoms with Crippen LogP contribution in [0.4, 0.5) is 0 Å². The predicted molar refractivity (Wildman–Crippen MR) is 82.3 cm³/mol. The Morgan fingerprint density at radius 2 is 2.24 bits per heavy atom. The molecule has 1 fully saturated rings. The van der Waals surface area contributed by atoms with Crippen LogP contribution in [-0.4, -0.2) is 25.2 Å². The molecule has 1 N–H and O–H groups in total. The lowest BCUT2D eigenvalue weighted by atomic mass is 10.2. The molecule has 0 aromatic carbocycles. The fourth-order valence-electron chi connectivity index (χ4n) is 2.39. The Labute approximate surface area is 127 Å². The van der Waals surface area contributed by atoms with Crippen molar-refractivity contribution in [1.82, 2.24) is 5.32 Å². The van der Waals surface area contributed by atoms with E-state index in [1.807, 2.05) is 19.9 Å². The first-order chi connectivity index (χ1) is 10.1. The van der Waals surface area contributed by atoms with Crippen molar-refractivity contribution in [2.24, 2.45) is 5.92 Å². The van der Waals surface area contributed by atoms with Crippen molar-refractivity contribution in [2.45, 2.75) is 58.5 Å². The molecule has 1 aromatic rings. The van der Waals surface area contributed by atoms with Crippen LogP contribution < -0.4 is 5.32 Å².